The number of hydrogen-bond donors (Lipinski definition) is 0. The van der Waals surface area contributed by atoms with Crippen LogP contribution in [0.1, 0.15) is 12.8 Å². The van der Waals surface area contributed by atoms with E-state index in [0.29, 0.717) is 6.42 Å². The van der Waals surface area contributed by atoms with Gasteiger partial charge in [0.1, 0.15) is 0 Å². The minimum Gasteiger partial charge on any atom is -0.393 e. The highest BCUT2D eigenvalue weighted by Gasteiger charge is 2.61. The maximum absolute atomic E-state index is 11.8. The van der Waals surface area contributed by atoms with E-state index in [9.17, 15) is 14.4 Å². The number of piperidine rings is 2. The molecule has 4 atom stereocenters. The molecule has 80 valence electrons. The second-order valence-corrected chi connectivity index (χ2v) is 4.49. The fraction of sp³-hybridized carbons (Fsp3) is 0.700. The van der Waals surface area contributed by atoms with Crippen LogP contribution in [0, 0.1) is 17.8 Å². The number of carbonyl (C=O) groups is 3. The fourth-order valence-electron chi connectivity index (χ4n) is 3.19. The van der Waals surface area contributed by atoms with Gasteiger partial charge < -0.3 is 9.64 Å². The maximum atomic E-state index is 11.8. The summed E-state index contributed by atoms with van der Waals surface area (Å²) < 4.78 is 4.63. The van der Waals surface area contributed by atoms with Crippen molar-refractivity contribution in [2.45, 2.75) is 18.9 Å². The van der Waals surface area contributed by atoms with E-state index in [2.05, 4.69) is 4.74 Å². The summed E-state index contributed by atoms with van der Waals surface area (Å²) in [5.41, 5.74) is 0. The predicted molar refractivity (Wildman–Crippen MR) is 47.4 cm³/mol. The third kappa shape index (κ3) is 0.905. The molecule has 3 aliphatic heterocycles. The van der Waals surface area contributed by atoms with Gasteiger partial charge in [-0.05, 0) is 12.8 Å². The lowest BCUT2D eigenvalue weighted by atomic mass is 9.66. The van der Waals surface area contributed by atoms with Crippen LogP contribution in [0.25, 0.3) is 0 Å². The molecule has 0 N–H and O–H groups in total. The molecular formula is C10H11NO4. The molecule has 4 fully saturated rings. The Kier molecular flexibility index (Phi) is 1.53. The number of nitrogens with zero attached hydrogens (tertiary/aromatic N) is 1. The number of cyclic esters (lactones) is 2. The van der Waals surface area contributed by atoms with Crippen LogP contribution >= 0.6 is 0 Å². The molecule has 0 aromatic heterocycles. The highest BCUT2D eigenvalue weighted by Crippen LogP contribution is 2.47. The average Bonchev–Trinajstić information content (AvgIpc) is 2.51. The third-order valence-electron chi connectivity index (χ3n) is 3.92. The van der Waals surface area contributed by atoms with Crippen molar-refractivity contribution in [3.8, 4) is 0 Å². The van der Waals surface area contributed by atoms with E-state index >= 15 is 0 Å². The molecule has 3 heterocycles. The Morgan fingerprint density at radius 1 is 1.13 bits per heavy atom. The Labute approximate surface area is 86.4 Å². The van der Waals surface area contributed by atoms with Gasteiger partial charge in [0.15, 0.2) is 0 Å². The molecule has 4 aliphatic rings. The van der Waals surface area contributed by atoms with Crippen molar-refractivity contribution < 1.29 is 19.1 Å². The normalized spacial score (nSPS) is 43.3. The number of esters is 2. The summed E-state index contributed by atoms with van der Waals surface area (Å²) in [6.07, 6.45) is 1.51. The van der Waals surface area contributed by atoms with Crippen molar-refractivity contribution in [3.63, 3.8) is 0 Å². The van der Waals surface area contributed by atoms with Gasteiger partial charge in [0.25, 0.3) is 0 Å². The number of hydrogen-bond acceptors (Lipinski definition) is 4. The summed E-state index contributed by atoms with van der Waals surface area (Å²) in [4.78, 5) is 36.3. The van der Waals surface area contributed by atoms with Gasteiger partial charge in [-0.2, -0.15) is 0 Å². The summed E-state index contributed by atoms with van der Waals surface area (Å²) in [7, 11) is 1.70. The zero-order chi connectivity index (χ0) is 10.7. The standard InChI is InChI=1S/C10H11NO4/c1-11-5-3-2-4(8(11)12)6-7(5)10(14)15-9(6)13/h4-7H,2-3H2,1H3. The molecule has 3 saturated heterocycles. The first-order valence-corrected chi connectivity index (χ1v) is 5.13. The Bertz CT molecular complexity index is 378. The largest absolute Gasteiger partial charge is 0.393 e. The SMILES string of the molecule is CN1C(=O)C2CCC1C1C(=O)OC(=O)C21. The predicted octanol–water partition coefficient (Wildman–Crippen LogP) is -0.447. The molecule has 0 aromatic carbocycles. The van der Waals surface area contributed by atoms with Crippen LogP contribution in [0.3, 0.4) is 0 Å². The van der Waals surface area contributed by atoms with Gasteiger partial charge >= 0.3 is 11.9 Å². The van der Waals surface area contributed by atoms with Gasteiger partial charge in [0.05, 0.1) is 17.8 Å². The van der Waals surface area contributed by atoms with E-state index in [1.165, 1.54) is 0 Å². The first-order valence-electron chi connectivity index (χ1n) is 5.13. The monoisotopic (exact) mass is 209 g/mol. The van der Waals surface area contributed by atoms with E-state index in [-0.39, 0.29) is 17.9 Å². The van der Waals surface area contributed by atoms with Crippen molar-refractivity contribution in [3.05, 3.63) is 0 Å². The second kappa shape index (κ2) is 2.59. The average molecular weight is 209 g/mol. The van der Waals surface area contributed by atoms with Crippen molar-refractivity contribution in [2.75, 3.05) is 7.05 Å². The minimum atomic E-state index is -0.500. The Balaban J connectivity index is 2.07. The van der Waals surface area contributed by atoms with Crippen molar-refractivity contribution in [2.24, 2.45) is 17.8 Å². The Morgan fingerprint density at radius 3 is 2.53 bits per heavy atom. The fourth-order valence-corrected chi connectivity index (χ4v) is 3.19. The first-order chi connectivity index (χ1) is 7.11. The van der Waals surface area contributed by atoms with Crippen LogP contribution in [0.4, 0.5) is 0 Å². The van der Waals surface area contributed by atoms with Crippen LogP contribution in [0.2, 0.25) is 0 Å². The topological polar surface area (TPSA) is 63.7 Å². The van der Waals surface area contributed by atoms with Gasteiger partial charge in [-0.1, -0.05) is 0 Å². The van der Waals surface area contributed by atoms with Gasteiger partial charge in [-0.3, -0.25) is 14.4 Å². The van der Waals surface area contributed by atoms with Crippen LogP contribution in [-0.2, 0) is 19.1 Å². The smallest absolute Gasteiger partial charge is 0.319 e. The lowest BCUT2D eigenvalue weighted by Crippen LogP contribution is -2.60. The summed E-state index contributed by atoms with van der Waals surface area (Å²) >= 11 is 0. The van der Waals surface area contributed by atoms with E-state index in [4.69, 9.17) is 0 Å². The molecule has 1 aliphatic carbocycles. The van der Waals surface area contributed by atoms with Crippen molar-refractivity contribution in [1.82, 2.24) is 4.90 Å². The number of amides is 1. The zero-order valence-electron chi connectivity index (χ0n) is 8.30. The molecule has 0 spiro atoms. The molecule has 2 bridgehead atoms. The van der Waals surface area contributed by atoms with Crippen LogP contribution in [0.15, 0.2) is 0 Å². The number of fused-ring (bicyclic) bond motifs is 2. The molecule has 0 radical (unpaired) electrons. The highest BCUT2D eigenvalue weighted by molar-refractivity contribution is 6.01. The van der Waals surface area contributed by atoms with E-state index in [1.807, 2.05) is 0 Å². The van der Waals surface area contributed by atoms with Crippen molar-refractivity contribution in [1.29, 1.82) is 0 Å². The lowest BCUT2D eigenvalue weighted by Gasteiger charge is -2.47. The Morgan fingerprint density at radius 2 is 1.80 bits per heavy atom. The van der Waals surface area contributed by atoms with Crippen molar-refractivity contribution >= 4 is 17.8 Å². The third-order valence-corrected chi connectivity index (χ3v) is 3.92. The summed E-state index contributed by atoms with van der Waals surface area (Å²) in [5, 5.41) is 0. The second-order valence-electron chi connectivity index (χ2n) is 4.49. The highest BCUT2D eigenvalue weighted by atomic mass is 16.6. The summed E-state index contributed by atoms with van der Waals surface area (Å²) in [5.74, 6) is -2.19. The molecule has 5 nitrogen and oxygen atoms in total. The molecule has 1 saturated carbocycles. The molecule has 4 rings (SSSR count). The van der Waals surface area contributed by atoms with E-state index in [1.54, 1.807) is 11.9 Å². The zero-order valence-corrected chi connectivity index (χ0v) is 8.30. The molecule has 15 heavy (non-hydrogen) atoms. The number of carbonyl (C=O) groups excluding carboxylic acids is 3. The summed E-state index contributed by atoms with van der Waals surface area (Å²) in [6, 6.07) is -0.133. The van der Waals surface area contributed by atoms with Crippen LogP contribution in [0.5, 0.6) is 0 Å². The molecular weight excluding hydrogens is 198 g/mol. The first kappa shape index (κ1) is 8.88. The van der Waals surface area contributed by atoms with Crippen LogP contribution < -0.4 is 0 Å². The molecule has 5 heteroatoms. The van der Waals surface area contributed by atoms with Gasteiger partial charge in [-0.15, -0.1) is 0 Å². The van der Waals surface area contributed by atoms with E-state index < -0.39 is 23.8 Å². The minimum absolute atomic E-state index is 0.0147. The van der Waals surface area contributed by atoms with Gasteiger partial charge in [0.2, 0.25) is 5.91 Å². The lowest BCUT2D eigenvalue weighted by molar-refractivity contribution is -0.158. The molecule has 1 amide bonds. The van der Waals surface area contributed by atoms with Gasteiger partial charge in [0, 0.05) is 13.1 Å². The summed E-state index contributed by atoms with van der Waals surface area (Å²) in [6.45, 7) is 0. The van der Waals surface area contributed by atoms with Gasteiger partial charge in [-0.25, -0.2) is 0 Å². The molecule has 0 aromatic rings. The Hall–Kier alpha value is -1.39. The molecule has 4 unspecified atom stereocenters. The quantitative estimate of drug-likeness (QED) is 0.400. The maximum Gasteiger partial charge on any atom is 0.319 e. The van der Waals surface area contributed by atoms with E-state index in [0.717, 1.165) is 6.42 Å². The number of ether oxygens (including phenoxy) is 1. The number of rotatable bonds is 0. The van der Waals surface area contributed by atoms with Crippen LogP contribution in [-0.4, -0.2) is 35.8 Å².